The largest absolute Gasteiger partial charge is 0.320 e. The molecule has 1 amide bonds. The first-order valence-corrected chi connectivity index (χ1v) is 7.44. The van der Waals surface area contributed by atoms with Crippen molar-refractivity contribution in [3.8, 4) is 0 Å². The van der Waals surface area contributed by atoms with Crippen LogP contribution in [0, 0.1) is 6.92 Å². The van der Waals surface area contributed by atoms with E-state index in [4.69, 9.17) is 23.2 Å². The molecule has 0 saturated heterocycles. The highest BCUT2D eigenvalue weighted by atomic mass is 35.5. The Kier molecular flexibility index (Phi) is 4.50. The molecule has 0 fully saturated rings. The van der Waals surface area contributed by atoms with Crippen molar-refractivity contribution in [3.63, 3.8) is 0 Å². The number of nitrogens with one attached hydrogen (secondary N) is 1. The minimum atomic E-state index is -0.142. The number of carbonyl (C=O) groups is 1. The number of amides is 1. The molecule has 2 rings (SSSR count). The fraction of sp³-hybridized carbons (Fsp3) is 0.214. The van der Waals surface area contributed by atoms with Gasteiger partial charge in [0, 0.05) is 9.90 Å². The van der Waals surface area contributed by atoms with Crippen molar-refractivity contribution in [2.45, 2.75) is 20.3 Å². The second-order valence-electron chi connectivity index (χ2n) is 4.12. The highest BCUT2D eigenvalue weighted by Gasteiger charge is 2.13. The van der Waals surface area contributed by atoms with Crippen molar-refractivity contribution in [1.82, 2.24) is 0 Å². The summed E-state index contributed by atoms with van der Waals surface area (Å²) in [6.45, 7) is 4.10. The van der Waals surface area contributed by atoms with Gasteiger partial charge in [-0.1, -0.05) is 30.1 Å². The molecule has 5 heteroatoms. The summed E-state index contributed by atoms with van der Waals surface area (Å²) in [5.74, 6) is -0.142. The lowest BCUT2D eigenvalue weighted by molar-refractivity contribution is 0.103. The number of halogens is 2. The van der Waals surface area contributed by atoms with Crippen LogP contribution in [-0.2, 0) is 6.42 Å². The number of aryl methyl sites for hydroxylation is 2. The van der Waals surface area contributed by atoms with Gasteiger partial charge in [0.2, 0.25) is 0 Å². The fourth-order valence-electron chi connectivity index (χ4n) is 1.76. The average molecular weight is 314 g/mol. The first-order chi connectivity index (χ1) is 9.01. The number of hydrogen-bond donors (Lipinski definition) is 1. The number of hydrogen-bond acceptors (Lipinski definition) is 2. The summed E-state index contributed by atoms with van der Waals surface area (Å²) < 4.78 is 0. The van der Waals surface area contributed by atoms with Crippen LogP contribution in [0.3, 0.4) is 0 Å². The standard InChI is InChI=1S/C14H13Cl2NOS/c1-3-9-6-13(19-8(9)2)14(18)17-12-5-4-10(15)7-11(12)16/h4-7H,3H2,1-2H3,(H,17,18). The van der Waals surface area contributed by atoms with Crippen LogP contribution >= 0.6 is 34.5 Å². The Balaban J connectivity index is 2.20. The number of benzene rings is 1. The Morgan fingerprint density at radius 1 is 1.32 bits per heavy atom. The number of carbonyl (C=O) groups excluding carboxylic acids is 1. The molecule has 100 valence electrons. The van der Waals surface area contributed by atoms with Crippen LogP contribution in [-0.4, -0.2) is 5.91 Å². The predicted molar refractivity (Wildman–Crippen MR) is 82.8 cm³/mol. The first kappa shape index (κ1) is 14.4. The molecule has 0 aliphatic rings. The van der Waals surface area contributed by atoms with Crippen LogP contribution in [0.1, 0.15) is 27.0 Å². The molecule has 0 aliphatic heterocycles. The van der Waals surface area contributed by atoms with Gasteiger partial charge in [-0.05, 0) is 43.2 Å². The van der Waals surface area contributed by atoms with Crippen molar-refractivity contribution in [3.05, 3.63) is 49.6 Å². The maximum Gasteiger partial charge on any atom is 0.265 e. The molecular weight excluding hydrogens is 301 g/mol. The van der Waals surface area contributed by atoms with Crippen molar-refractivity contribution in [1.29, 1.82) is 0 Å². The Morgan fingerprint density at radius 3 is 2.63 bits per heavy atom. The summed E-state index contributed by atoms with van der Waals surface area (Å²) in [6.07, 6.45) is 0.928. The zero-order chi connectivity index (χ0) is 14.0. The molecule has 2 aromatic rings. The third-order valence-electron chi connectivity index (χ3n) is 2.80. The van der Waals surface area contributed by atoms with Crippen LogP contribution < -0.4 is 5.32 Å². The van der Waals surface area contributed by atoms with E-state index < -0.39 is 0 Å². The molecule has 0 radical (unpaired) electrons. The Morgan fingerprint density at radius 2 is 2.05 bits per heavy atom. The summed E-state index contributed by atoms with van der Waals surface area (Å²) in [5, 5.41) is 3.78. The minimum absolute atomic E-state index is 0.142. The van der Waals surface area contributed by atoms with E-state index in [-0.39, 0.29) is 5.91 Å². The monoisotopic (exact) mass is 313 g/mol. The zero-order valence-corrected chi connectivity index (χ0v) is 12.9. The topological polar surface area (TPSA) is 29.1 Å². The second-order valence-corrected chi connectivity index (χ2v) is 6.22. The molecule has 0 aliphatic carbocycles. The molecule has 1 N–H and O–H groups in total. The van der Waals surface area contributed by atoms with Crippen LogP contribution in [0.2, 0.25) is 10.0 Å². The molecule has 2 nitrogen and oxygen atoms in total. The van der Waals surface area contributed by atoms with E-state index in [0.717, 1.165) is 6.42 Å². The van der Waals surface area contributed by atoms with Crippen molar-refractivity contribution in [2.75, 3.05) is 5.32 Å². The SMILES string of the molecule is CCc1cc(C(=O)Nc2ccc(Cl)cc2Cl)sc1C. The molecule has 0 atom stereocenters. The molecular formula is C14H13Cl2NOS. The Labute approximate surface area is 126 Å². The third kappa shape index (κ3) is 3.30. The van der Waals surface area contributed by atoms with Gasteiger partial charge < -0.3 is 5.32 Å². The Hall–Kier alpha value is -1.03. The molecule has 1 aromatic carbocycles. The second kappa shape index (κ2) is 5.95. The molecule has 1 aromatic heterocycles. The fourth-order valence-corrected chi connectivity index (χ4v) is 3.22. The van der Waals surface area contributed by atoms with Gasteiger partial charge in [0.15, 0.2) is 0 Å². The lowest BCUT2D eigenvalue weighted by atomic mass is 10.2. The number of rotatable bonds is 3. The van der Waals surface area contributed by atoms with Crippen molar-refractivity contribution >= 4 is 46.1 Å². The van der Waals surface area contributed by atoms with E-state index in [2.05, 4.69) is 12.2 Å². The van der Waals surface area contributed by atoms with Crippen LogP contribution in [0.25, 0.3) is 0 Å². The van der Waals surface area contributed by atoms with Gasteiger partial charge in [0.1, 0.15) is 0 Å². The molecule has 0 bridgehead atoms. The molecule has 19 heavy (non-hydrogen) atoms. The number of anilines is 1. The van der Waals surface area contributed by atoms with E-state index in [1.54, 1.807) is 18.2 Å². The van der Waals surface area contributed by atoms with E-state index in [0.29, 0.717) is 20.6 Å². The van der Waals surface area contributed by atoms with Crippen molar-refractivity contribution in [2.24, 2.45) is 0 Å². The number of thiophene rings is 1. The molecule has 1 heterocycles. The van der Waals surface area contributed by atoms with Gasteiger partial charge in [-0.3, -0.25) is 4.79 Å². The van der Waals surface area contributed by atoms with Crippen molar-refractivity contribution < 1.29 is 4.79 Å². The average Bonchev–Trinajstić information content (AvgIpc) is 2.74. The first-order valence-electron chi connectivity index (χ1n) is 5.87. The molecule has 0 saturated carbocycles. The van der Waals surface area contributed by atoms with Crippen LogP contribution in [0.15, 0.2) is 24.3 Å². The minimum Gasteiger partial charge on any atom is -0.320 e. The lowest BCUT2D eigenvalue weighted by Crippen LogP contribution is -2.10. The van der Waals surface area contributed by atoms with Gasteiger partial charge in [0.05, 0.1) is 15.6 Å². The van der Waals surface area contributed by atoms with Gasteiger partial charge in [-0.15, -0.1) is 11.3 Å². The third-order valence-corrected chi connectivity index (χ3v) is 4.44. The van der Waals surface area contributed by atoms with E-state index >= 15 is 0 Å². The summed E-state index contributed by atoms with van der Waals surface area (Å²) in [5.41, 5.74) is 1.78. The summed E-state index contributed by atoms with van der Waals surface area (Å²) >= 11 is 13.3. The highest BCUT2D eigenvalue weighted by molar-refractivity contribution is 7.14. The molecule has 0 unspecified atom stereocenters. The van der Waals surface area contributed by atoms with E-state index in [1.165, 1.54) is 21.8 Å². The van der Waals surface area contributed by atoms with Gasteiger partial charge in [-0.25, -0.2) is 0 Å². The smallest absolute Gasteiger partial charge is 0.265 e. The molecule has 0 spiro atoms. The summed E-state index contributed by atoms with van der Waals surface area (Å²) in [4.78, 5) is 14.0. The zero-order valence-electron chi connectivity index (χ0n) is 10.6. The Bertz CT molecular complexity index is 622. The van der Waals surface area contributed by atoms with E-state index in [1.807, 2.05) is 13.0 Å². The summed E-state index contributed by atoms with van der Waals surface area (Å²) in [7, 11) is 0. The van der Waals surface area contributed by atoms with Gasteiger partial charge in [-0.2, -0.15) is 0 Å². The maximum atomic E-state index is 12.1. The summed E-state index contributed by atoms with van der Waals surface area (Å²) in [6, 6.07) is 6.93. The van der Waals surface area contributed by atoms with Gasteiger partial charge >= 0.3 is 0 Å². The van der Waals surface area contributed by atoms with Gasteiger partial charge in [0.25, 0.3) is 5.91 Å². The normalized spacial score (nSPS) is 10.5. The predicted octanol–water partition coefficient (Wildman–Crippen LogP) is 5.18. The lowest BCUT2D eigenvalue weighted by Gasteiger charge is -2.06. The quantitative estimate of drug-likeness (QED) is 0.831. The van der Waals surface area contributed by atoms with Crippen LogP contribution in [0.4, 0.5) is 5.69 Å². The highest BCUT2D eigenvalue weighted by Crippen LogP contribution is 2.27. The van der Waals surface area contributed by atoms with E-state index in [9.17, 15) is 4.79 Å². The maximum absolute atomic E-state index is 12.1. The van der Waals surface area contributed by atoms with Crippen LogP contribution in [0.5, 0.6) is 0 Å².